The molecule has 8 rings (SSSR count). The third kappa shape index (κ3) is 3.88. The summed E-state index contributed by atoms with van der Waals surface area (Å²) in [6.07, 6.45) is 0. The van der Waals surface area contributed by atoms with E-state index < -0.39 is 0 Å². The molecule has 0 N–H and O–H groups in total. The van der Waals surface area contributed by atoms with Crippen LogP contribution >= 0.6 is 11.6 Å². The summed E-state index contributed by atoms with van der Waals surface area (Å²) >= 11 is 6.44. The minimum Gasteiger partial charge on any atom is -0.455 e. The average Bonchev–Trinajstić information content (AvgIpc) is 3.42. The Bertz CT molecular complexity index is 2220. The number of benzene rings is 7. The van der Waals surface area contributed by atoms with E-state index in [0.717, 1.165) is 65.7 Å². The van der Waals surface area contributed by atoms with E-state index >= 15 is 0 Å². The van der Waals surface area contributed by atoms with Crippen molar-refractivity contribution in [3.05, 3.63) is 151 Å². The minimum absolute atomic E-state index is 0.719. The fourth-order valence-corrected chi connectivity index (χ4v) is 6.26. The second kappa shape index (κ2) is 9.55. The van der Waals surface area contributed by atoms with Crippen LogP contribution < -0.4 is 4.90 Å². The van der Waals surface area contributed by atoms with Crippen LogP contribution in [0.25, 0.3) is 54.6 Å². The molecule has 7 aromatic carbocycles. The van der Waals surface area contributed by atoms with E-state index in [1.54, 1.807) is 0 Å². The van der Waals surface area contributed by atoms with Crippen molar-refractivity contribution in [3.8, 4) is 11.1 Å². The largest absolute Gasteiger partial charge is 0.455 e. The SMILES string of the molecule is Clc1ccc2c(c1)c1ccccc1c1c3ccc(N(c4ccccc4)c4ccccc4-c4ccccc4)cc3oc21. The number of hydrogen-bond donors (Lipinski definition) is 0. The summed E-state index contributed by atoms with van der Waals surface area (Å²) in [4.78, 5) is 2.31. The Kier molecular flexibility index (Phi) is 5.54. The summed E-state index contributed by atoms with van der Waals surface area (Å²) < 4.78 is 6.72. The predicted octanol–water partition coefficient (Wildman–Crippen LogP) is 11.7. The molecule has 0 aliphatic carbocycles. The van der Waals surface area contributed by atoms with Gasteiger partial charge in [-0.15, -0.1) is 0 Å². The molecule has 194 valence electrons. The first-order valence-corrected chi connectivity index (χ1v) is 14.1. The Morgan fingerprint density at radius 3 is 2.00 bits per heavy atom. The maximum Gasteiger partial charge on any atom is 0.143 e. The van der Waals surface area contributed by atoms with Gasteiger partial charge < -0.3 is 9.32 Å². The first-order chi connectivity index (χ1) is 20.3. The summed E-state index contributed by atoms with van der Waals surface area (Å²) in [7, 11) is 0. The third-order valence-corrected chi connectivity index (χ3v) is 8.12. The zero-order valence-corrected chi connectivity index (χ0v) is 22.8. The first kappa shape index (κ1) is 23.8. The van der Waals surface area contributed by atoms with E-state index in [9.17, 15) is 0 Å². The lowest BCUT2D eigenvalue weighted by Crippen LogP contribution is -2.11. The van der Waals surface area contributed by atoms with Crippen molar-refractivity contribution in [2.75, 3.05) is 4.90 Å². The van der Waals surface area contributed by atoms with Crippen molar-refractivity contribution < 1.29 is 4.42 Å². The molecule has 2 nitrogen and oxygen atoms in total. The van der Waals surface area contributed by atoms with Crippen LogP contribution in [-0.4, -0.2) is 0 Å². The molecule has 0 saturated carbocycles. The highest BCUT2D eigenvalue weighted by Gasteiger charge is 2.20. The van der Waals surface area contributed by atoms with Crippen LogP contribution in [0.15, 0.2) is 150 Å². The summed E-state index contributed by atoms with van der Waals surface area (Å²) in [5, 5.41) is 7.45. The van der Waals surface area contributed by atoms with Gasteiger partial charge in [-0.1, -0.05) is 103 Å². The van der Waals surface area contributed by atoms with Crippen molar-refractivity contribution >= 4 is 72.1 Å². The van der Waals surface area contributed by atoms with Crippen LogP contribution in [0.3, 0.4) is 0 Å². The van der Waals surface area contributed by atoms with Gasteiger partial charge in [0.1, 0.15) is 11.2 Å². The molecule has 0 saturated heterocycles. The molecule has 1 aromatic heterocycles. The van der Waals surface area contributed by atoms with Gasteiger partial charge in [0.2, 0.25) is 0 Å². The summed E-state index contributed by atoms with van der Waals surface area (Å²) in [6, 6.07) is 50.7. The van der Waals surface area contributed by atoms with E-state index in [1.165, 1.54) is 10.9 Å². The van der Waals surface area contributed by atoms with Crippen molar-refractivity contribution in [1.29, 1.82) is 0 Å². The maximum absolute atomic E-state index is 6.72. The van der Waals surface area contributed by atoms with Gasteiger partial charge in [-0.25, -0.2) is 0 Å². The lowest BCUT2D eigenvalue weighted by Gasteiger charge is -2.27. The van der Waals surface area contributed by atoms with Crippen molar-refractivity contribution in [1.82, 2.24) is 0 Å². The van der Waals surface area contributed by atoms with Crippen LogP contribution in [0.2, 0.25) is 5.02 Å². The number of fused-ring (bicyclic) bond motifs is 8. The smallest absolute Gasteiger partial charge is 0.143 e. The van der Waals surface area contributed by atoms with E-state index in [-0.39, 0.29) is 0 Å². The Balaban J connectivity index is 1.41. The van der Waals surface area contributed by atoms with E-state index in [4.69, 9.17) is 16.0 Å². The Morgan fingerprint density at radius 1 is 0.488 bits per heavy atom. The number of anilines is 3. The first-order valence-electron chi connectivity index (χ1n) is 13.7. The molecule has 0 amide bonds. The van der Waals surface area contributed by atoms with E-state index in [1.807, 2.05) is 12.1 Å². The molecule has 1 heterocycles. The minimum atomic E-state index is 0.719. The van der Waals surface area contributed by atoms with Gasteiger partial charge in [0, 0.05) is 44.2 Å². The highest BCUT2D eigenvalue weighted by Crippen LogP contribution is 2.45. The predicted molar refractivity (Wildman–Crippen MR) is 174 cm³/mol. The molecule has 0 atom stereocenters. The third-order valence-electron chi connectivity index (χ3n) is 7.89. The van der Waals surface area contributed by atoms with Crippen molar-refractivity contribution in [2.24, 2.45) is 0 Å². The lowest BCUT2D eigenvalue weighted by atomic mass is 9.97. The van der Waals surface area contributed by atoms with Crippen LogP contribution in [0, 0.1) is 0 Å². The molecule has 0 unspecified atom stereocenters. The molecule has 0 aliphatic rings. The molecular formula is C38H24ClNO. The van der Waals surface area contributed by atoms with Crippen LogP contribution in [0.4, 0.5) is 17.1 Å². The van der Waals surface area contributed by atoms with Gasteiger partial charge in [0.25, 0.3) is 0 Å². The van der Waals surface area contributed by atoms with Crippen LogP contribution in [0.5, 0.6) is 0 Å². The van der Waals surface area contributed by atoms with Gasteiger partial charge in [-0.05, 0) is 70.3 Å². The topological polar surface area (TPSA) is 16.4 Å². The van der Waals surface area contributed by atoms with Crippen molar-refractivity contribution in [2.45, 2.75) is 0 Å². The highest BCUT2D eigenvalue weighted by molar-refractivity contribution is 6.34. The van der Waals surface area contributed by atoms with Crippen LogP contribution in [0.1, 0.15) is 0 Å². The molecule has 3 heteroatoms. The molecule has 0 aliphatic heterocycles. The second-order valence-corrected chi connectivity index (χ2v) is 10.7. The maximum atomic E-state index is 6.72. The average molecular weight is 546 g/mol. The number of para-hydroxylation sites is 2. The Labute approximate surface area is 242 Å². The van der Waals surface area contributed by atoms with E-state index in [2.05, 4.69) is 138 Å². The molecule has 8 aromatic rings. The van der Waals surface area contributed by atoms with Gasteiger partial charge in [-0.2, -0.15) is 0 Å². The lowest BCUT2D eigenvalue weighted by molar-refractivity contribution is 0.673. The summed E-state index contributed by atoms with van der Waals surface area (Å²) in [5.74, 6) is 0. The number of furan rings is 1. The summed E-state index contributed by atoms with van der Waals surface area (Å²) in [6.45, 7) is 0. The number of halogens is 1. The monoisotopic (exact) mass is 545 g/mol. The van der Waals surface area contributed by atoms with Gasteiger partial charge in [0.15, 0.2) is 0 Å². The molecule has 0 radical (unpaired) electrons. The zero-order valence-electron chi connectivity index (χ0n) is 22.1. The zero-order chi connectivity index (χ0) is 27.3. The highest BCUT2D eigenvalue weighted by atomic mass is 35.5. The molecule has 0 spiro atoms. The van der Waals surface area contributed by atoms with Gasteiger partial charge in [-0.3, -0.25) is 0 Å². The molecule has 41 heavy (non-hydrogen) atoms. The Morgan fingerprint density at radius 2 is 1.17 bits per heavy atom. The van der Waals surface area contributed by atoms with Gasteiger partial charge >= 0.3 is 0 Å². The molecule has 0 fully saturated rings. The summed E-state index contributed by atoms with van der Waals surface area (Å²) in [5.41, 5.74) is 7.29. The molecule has 0 bridgehead atoms. The van der Waals surface area contributed by atoms with Crippen LogP contribution in [-0.2, 0) is 0 Å². The second-order valence-electron chi connectivity index (χ2n) is 10.3. The fourth-order valence-electron chi connectivity index (χ4n) is 6.09. The van der Waals surface area contributed by atoms with E-state index in [0.29, 0.717) is 0 Å². The Hall–Kier alpha value is -5.05. The van der Waals surface area contributed by atoms with Gasteiger partial charge in [0.05, 0.1) is 5.69 Å². The quantitative estimate of drug-likeness (QED) is 0.204. The fraction of sp³-hybridized carbons (Fsp3) is 0. The number of nitrogens with zero attached hydrogens (tertiary/aromatic N) is 1. The number of rotatable bonds is 4. The molecular weight excluding hydrogens is 522 g/mol. The van der Waals surface area contributed by atoms with Crippen molar-refractivity contribution in [3.63, 3.8) is 0 Å². The standard InChI is InChI=1S/C38H24ClNO/c39-26-19-21-32-34(23-26)30-16-7-8-17-31(30)37-33-22-20-28(24-36(33)41-38(32)37)40(27-13-5-2-6-14-27)35-18-10-9-15-29(35)25-11-3-1-4-12-25/h1-24H. The normalized spacial score (nSPS) is 11.5. The number of hydrogen-bond acceptors (Lipinski definition) is 2.